The minimum Gasteiger partial charge on any atom is -0.369 e. The highest BCUT2D eigenvalue weighted by Crippen LogP contribution is 2.30. The van der Waals surface area contributed by atoms with Crippen molar-refractivity contribution in [2.75, 3.05) is 0 Å². The Balaban J connectivity index is 1.95. The van der Waals surface area contributed by atoms with Gasteiger partial charge in [0.25, 0.3) is 0 Å². The first kappa shape index (κ1) is 19.0. The number of halogens is 2. The van der Waals surface area contributed by atoms with Crippen molar-refractivity contribution in [3.8, 4) is 0 Å². The Kier molecular flexibility index (Phi) is 5.56. The van der Waals surface area contributed by atoms with Gasteiger partial charge in [0, 0.05) is 28.7 Å². The third-order valence-corrected chi connectivity index (χ3v) is 5.00. The molecule has 1 aromatic carbocycles. The Bertz CT molecular complexity index is 972. The number of primary amides is 1. The van der Waals surface area contributed by atoms with Crippen LogP contribution in [-0.4, -0.2) is 20.7 Å². The molecule has 2 heterocycles. The lowest BCUT2D eigenvalue weighted by Gasteiger charge is -2.16. The summed E-state index contributed by atoms with van der Waals surface area (Å²) in [6.45, 7) is 4.34. The normalized spacial score (nSPS) is 12.1. The zero-order chi connectivity index (χ0) is 19.6. The van der Waals surface area contributed by atoms with E-state index in [1.165, 1.54) is 12.1 Å². The summed E-state index contributed by atoms with van der Waals surface area (Å²) in [6.07, 6.45) is 3.74. The van der Waals surface area contributed by atoms with Crippen LogP contribution in [0.2, 0.25) is 5.02 Å². The van der Waals surface area contributed by atoms with Gasteiger partial charge in [-0.2, -0.15) is 5.10 Å². The fourth-order valence-electron chi connectivity index (χ4n) is 3.28. The second-order valence-corrected chi connectivity index (χ2v) is 6.90. The van der Waals surface area contributed by atoms with Gasteiger partial charge in [-0.15, -0.1) is 0 Å². The smallest absolute Gasteiger partial charge is 0.225 e. The maximum absolute atomic E-state index is 13.3. The number of amides is 1. The maximum Gasteiger partial charge on any atom is 0.225 e. The molecule has 0 spiro atoms. The van der Waals surface area contributed by atoms with Crippen molar-refractivity contribution in [1.29, 1.82) is 0 Å². The second kappa shape index (κ2) is 7.88. The van der Waals surface area contributed by atoms with Crippen molar-refractivity contribution in [2.24, 2.45) is 5.73 Å². The number of aromatic nitrogens is 3. The van der Waals surface area contributed by atoms with Crippen LogP contribution >= 0.6 is 11.6 Å². The van der Waals surface area contributed by atoms with Crippen molar-refractivity contribution in [3.63, 3.8) is 0 Å². The van der Waals surface area contributed by atoms with Gasteiger partial charge in [-0.3, -0.25) is 14.5 Å². The standard InChI is InChI=1S/C20H20ClFN4O/c1-12-19(13(2)26(25-12)11-14-5-7-24-8-6-14)17(20(23)27)9-15-3-4-16(22)10-18(15)21/h3-8,10,17H,9,11H2,1-2H3,(H2,23,27). The van der Waals surface area contributed by atoms with E-state index in [9.17, 15) is 9.18 Å². The van der Waals surface area contributed by atoms with E-state index in [-0.39, 0.29) is 11.4 Å². The molecule has 0 bridgehead atoms. The Morgan fingerprint density at radius 1 is 1.26 bits per heavy atom. The van der Waals surface area contributed by atoms with Crippen LogP contribution in [0.5, 0.6) is 0 Å². The van der Waals surface area contributed by atoms with Crippen molar-refractivity contribution < 1.29 is 9.18 Å². The van der Waals surface area contributed by atoms with E-state index in [1.54, 1.807) is 18.5 Å². The average molecular weight is 387 g/mol. The number of nitrogens with zero attached hydrogens (tertiary/aromatic N) is 3. The van der Waals surface area contributed by atoms with Gasteiger partial charge in [0.2, 0.25) is 5.91 Å². The lowest BCUT2D eigenvalue weighted by Crippen LogP contribution is -2.24. The number of rotatable bonds is 6. The predicted octanol–water partition coefficient (Wildman–Crippen LogP) is 3.55. The summed E-state index contributed by atoms with van der Waals surface area (Å²) in [4.78, 5) is 16.2. The Labute approximate surface area is 162 Å². The van der Waals surface area contributed by atoms with Crippen LogP contribution in [0.3, 0.4) is 0 Å². The zero-order valence-electron chi connectivity index (χ0n) is 15.1. The van der Waals surface area contributed by atoms with Crippen LogP contribution in [0.15, 0.2) is 42.7 Å². The number of benzene rings is 1. The Morgan fingerprint density at radius 2 is 1.96 bits per heavy atom. The predicted molar refractivity (Wildman–Crippen MR) is 102 cm³/mol. The van der Waals surface area contributed by atoms with E-state index in [0.29, 0.717) is 12.1 Å². The molecular weight excluding hydrogens is 367 g/mol. The number of carbonyl (C=O) groups excluding carboxylic acids is 1. The summed E-state index contributed by atoms with van der Waals surface area (Å²) in [5.74, 6) is -1.49. The molecule has 2 N–H and O–H groups in total. The Hall–Kier alpha value is -2.73. The summed E-state index contributed by atoms with van der Waals surface area (Å²) in [7, 11) is 0. The summed E-state index contributed by atoms with van der Waals surface area (Å²) < 4.78 is 15.2. The molecule has 0 fully saturated rings. The highest BCUT2D eigenvalue weighted by atomic mass is 35.5. The van der Waals surface area contributed by atoms with Gasteiger partial charge in [0.1, 0.15) is 5.82 Å². The molecule has 5 nitrogen and oxygen atoms in total. The molecule has 0 radical (unpaired) electrons. The number of pyridine rings is 1. The van der Waals surface area contributed by atoms with Crippen molar-refractivity contribution in [1.82, 2.24) is 14.8 Å². The second-order valence-electron chi connectivity index (χ2n) is 6.49. The fourth-order valence-corrected chi connectivity index (χ4v) is 3.53. The highest BCUT2D eigenvalue weighted by Gasteiger charge is 2.26. The summed E-state index contributed by atoms with van der Waals surface area (Å²) >= 11 is 6.14. The van der Waals surface area contributed by atoms with Crippen LogP contribution < -0.4 is 5.73 Å². The van der Waals surface area contributed by atoms with Crippen LogP contribution in [0.4, 0.5) is 4.39 Å². The van der Waals surface area contributed by atoms with Crippen molar-refractivity contribution >= 4 is 17.5 Å². The van der Waals surface area contributed by atoms with Gasteiger partial charge in [-0.1, -0.05) is 17.7 Å². The first-order chi connectivity index (χ1) is 12.9. The number of hydrogen-bond acceptors (Lipinski definition) is 3. The Morgan fingerprint density at radius 3 is 2.59 bits per heavy atom. The first-order valence-corrected chi connectivity index (χ1v) is 8.90. The van der Waals surface area contributed by atoms with Gasteiger partial charge in [-0.05, 0) is 55.7 Å². The average Bonchev–Trinajstić information content (AvgIpc) is 2.89. The van der Waals surface area contributed by atoms with Crippen LogP contribution in [-0.2, 0) is 17.8 Å². The lowest BCUT2D eigenvalue weighted by molar-refractivity contribution is -0.119. The molecule has 0 aliphatic rings. The van der Waals surface area contributed by atoms with E-state index in [1.807, 2.05) is 30.7 Å². The minimum absolute atomic E-state index is 0.278. The number of nitrogens with two attached hydrogens (primary N) is 1. The quantitative estimate of drug-likeness (QED) is 0.704. The molecule has 1 unspecified atom stereocenters. The maximum atomic E-state index is 13.3. The summed E-state index contributed by atoms with van der Waals surface area (Å²) in [5.41, 5.74) is 9.81. The molecule has 0 aliphatic heterocycles. The molecular formula is C20H20ClFN4O. The molecule has 1 atom stereocenters. The topological polar surface area (TPSA) is 73.8 Å². The third kappa shape index (κ3) is 4.17. The lowest BCUT2D eigenvalue weighted by atomic mass is 9.90. The molecule has 2 aromatic heterocycles. The van der Waals surface area contributed by atoms with E-state index in [0.717, 1.165) is 22.5 Å². The molecule has 140 valence electrons. The van der Waals surface area contributed by atoms with Crippen LogP contribution in [0.1, 0.15) is 34.0 Å². The van der Waals surface area contributed by atoms with Crippen LogP contribution in [0, 0.1) is 19.7 Å². The van der Waals surface area contributed by atoms with Gasteiger partial charge in [0.05, 0.1) is 18.2 Å². The molecule has 0 saturated heterocycles. The highest BCUT2D eigenvalue weighted by molar-refractivity contribution is 6.31. The molecule has 0 saturated carbocycles. The fraction of sp³-hybridized carbons (Fsp3) is 0.250. The number of aryl methyl sites for hydroxylation is 1. The first-order valence-electron chi connectivity index (χ1n) is 8.53. The van der Waals surface area contributed by atoms with E-state index in [2.05, 4.69) is 10.1 Å². The van der Waals surface area contributed by atoms with Gasteiger partial charge >= 0.3 is 0 Å². The molecule has 7 heteroatoms. The number of carbonyl (C=O) groups is 1. The minimum atomic E-state index is -0.598. The number of hydrogen-bond donors (Lipinski definition) is 1. The molecule has 3 aromatic rings. The SMILES string of the molecule is Cc1nn(Cc2ccncc2)c(C)c1C(Cc1ccc(F)cc1Cl)C(N)=O. The summed E-state index contributed by atoms with van der Waals surface area (Å²) in [5, 5.41) is 4.86. The molecule has 27 heavy (non-hydrogen) atoms. The molecule has 1 amide bonds. The van der Waals surface area contributed by atoms with E-state index >= 15 is 0 Å². The van der Waals surface area contributed by atoms with Gasteiger partial charge in [-0.25, -0.2) is 4.39 Å². The van der Waals surface area contributed by atoms with Gasteiger partial charge in [0.15, 0.2) is 0 Å². The molecule has 0 aliphatic carbocycles. The van der Waals surface area contributed by atoms with Crippen LogP contribution in [0.25, 0.3) is 0 Å². The largest absolute Gasteiger partial charge is 0.369 e. The van der Waals surface area contributed by atoms with Crippen molar-refractivity contribution in [3.05, 3.63) is 81.6 Å². The zero-order valence-corrected chi connectivity index (χ0v) is 15.9. The van der Waals surface area contributed by atoms with Gasteiger partial charge < -0.3 is 5.73 Å². The monoisotopic (exact) mass is 386 g/mol. The van der Waals surface area contributed by atoms with E-state index < -0.39 is 17.6 Å². The third-order valence-electron chi connectivity index (χ3n) is 4.65. The molecule has 3 rings (SSSR count). The summed E-state index contributed by atoms with van der Waals surface area (Å²) in [6, 6.07) is 7.98. The van der Waals surface area contributed by atoms with Crippen molar-refractivity contribution in [2.45, 2.75) is 32.7 Å². The van der Waals surface area contributed by atoms with E-state index in [4.69, 9.17) is 17.3 Å².